The molecule has 2 aromatic rings. The van der Waals surface area contributed by atoms with Crippen LogP contribution in [0.4, 0.5) is 11.4 Å². The molecule has 164 valence electrons. The average molecular weight is 445 g/mol. The van der Waals surface area contributed by atoms with Crippen LogP contribution in [-0.4, -0.2) is 42.9 Å². The molecular formula is C22H24N2O6S. The molecule has 0 aromatic heterocycles. The summed E-state index contributed by atoms with van der Waals surface area (Å²) in [7, 11) is 0. The second kappa shape index (κ2) is 10.7. The molecule has 1 aliphatic rings. The number of nitrogens with one attached hydrogen (secondary N) is 2. The molecule has 1 aliphatic heterocycles. The zero-order valence-electron chi connectivity index (χ0n) is 17.3. The van der Waals surface area contributed by atoms with Gasteiger partial charge in [0.1, 0.15) is 11.5 Å². The van der Waals surface area contributed by atoms with Crippen LogP contribution in [0.5, 0.6) is 11.5 Å². The molecule has 2 aromatic carbocycles. The fourth-order valence-corrected chi connectivity index (χ4v) is 4.01. The smallest absolute Gasteiger partial charge is 0.307 e. The summed E-state index contributed by atoms with van der Waals surface area (Å²) in [6.45, 7) is 4.13. The van der Waals surface area contributed by atoms with E-state index in [0.717, 1.165) is 10.6 Å². The third-order valence-corrected chi connectivity index (χ3v) is 5.53. The molecule has 31 heavy (non-hydrogen) atoms. The maximum absolute atomic E-state index is 12.3. The Labute approximate surface area is 184 Å². The molecule has 3 rings (SSSR count). The van der Waals surface area contributed by atoms with Crippen LogP contribution in [0, 0.1) is 0 Å². The summed E-state index contributed by atoms with van der Waals surface area (Å²) in [6, 6.07) is 12.5. The van der Waals surface area contributed by atoms with Gasteiger partial charge in [-0.05, 0) is 38.1 Å². The number of benzene rings is 2. The number of thioether (sulfide) groups is 1. The molecule has 2 amide bonds. The molecule has 1 atom stereocenters. The Kier molecular flexibility index (Phi) is 7.77. The van der Waals surface area contributed by atoms with E-state index < -0.39 is 23.7 Å². The van der Waals surface area contributed by atoms with Gasteiger partial charge in [0.15, 0.2) is 6.61 Å². The number of hydrogen-bond donors (Lipinski definition) is 2. The Morgan fingerprint density at radius 3 is 2.65 bits per heavy atom. The lowest BCUT2D eigenvalue weighted by atomic mass is 10.2. The number of ether oxygens (including phenoxy) is 3. The molecule has 9 heteroatoms. The first-order valence-corrected chi connectivity index (χ1v) is 10.8. The second-order valence-electron chi connectivity index (χ2n) is 6.53. The number of fused-ring (bicyclic) bond motifs is 1. The standard InChI is InChI=1S/C22H24N2O6S/c1-3-28-14-9-10-17(29-4-2)16(11-14)23-20(25)13-30-21(26)12-19-22(27)24-15-7-5-6-8-18(15)31-19/h5-11,19H,3-4,12-13H2,1-2H3,(H,23,25)(H,24,27). The normalized spacial score (nSPS) is 14.8. The average Bonchev–Trinajstić information content (AvgIpc) is 2.75. The number of para-hydroxylation sites is 1. The van der Waals surface area contributed by atoms with E-state index in [9.17, 15) is 14.4 Å². The van der Waals surface area contributed by atoms with Gasteiger partial charge in [-0.25, -0.2) is 0 Å². The fourth-order valence-electron chi connectivity index (χ4n) is 2.91. The lowest BCUT2D eigenvalue weighted by Gasteiger charge is -2.23. The largest absolute Gasteiger partial charge is 0.494 e. The van der Waals surface area contributed by atoms with E-state index in [1.54, 1.807) is 24.3 Å². The van der Waals surface area contributed by atoms with Crippen molar-refractivity contribution in [1.29, 1.82) is 0 Å². The van der Waals surface area contributed by atoms with E-state index in [4.69, 9.17) is 14.2 Å². The van der Waals surface area contributed by atoms with Gasteiger partial charge in [-0.1, -0.05) is 12.1 Å². The maximum atomic E-state index is 12.3. The molecule has 0 saturated heterocycles. The van der Waals surface area contributed by atoms with Crippen LogP contribution in [0.25, 0.3) is 0 Å². The van der Waals surface area contributed by atoms with Crippen LogP contribution in [0.2, 0.25) is 0 Å². The van der Waals surface area contributed by atoms with Gasteiger partial charge >= 0.3 is 5.97 Å². The number of anilines is 2. The van der Waals surface area contributed by atoms with E-state index in [1.165, 1.54) is 11.8 Å². The summed E-state index contributed by atoms with van der Waals surface area (Å²) in [4.78, 5) is 37.6. The molecule has 0 bridgehead atoms. The lowest BCUT2D eigenvalue weighted by Crippen LogP contribution is -2.32. The number of carbonyl (C=O) groups excluding carboxylic acids is 3. The predicted octanol–water partition coefficient (Wildman–Crippen LogP) is 3.47. The Morgan fingerprint density at radius 1 is 1.10 bits per heavy atom. The van der Waals surface area contributed by atoms with Crippen molar-refractivity contribution < 1.29 is 28.6 Å². The van der Waals surface area contributed by atoms with Crippen molar-refractivity contribution in [3.05, 3.63) is 42.5 Å². The highest BCUT2D eigenvalue weighted by Gasteiger charge is 2.29. The first-order valence-electron chi connectivity index (χ1n) is 9.91. The summed E-state index contributed by atoms with van der Waals surface area (Å²) in [6.07, 6.45) is -0.137. The zero-order chi connectivity index (χ0) is 22.2. The summed E-state index contributed by atoms with van der Waals surface area (Å²) in [5.41, 5.74) is 1.15. The summed E-state index contributed by atoms with van der Waals surface area (Å²) in [5, 5.41) is 4.83. The van der Waals surface area contributed by atoms with Gasteiger partial charge < -0.3 is 24.8 Å². The molecule has 2 N–H and O–H groups in total. The third-order valence-electron chi connectivity index (χ3n) is 4.26. The third kappa shape index (κ3) is 6.14. The zero-order valence-corrected chi connectivity index (χ0v) is 18.1. The maximum Gasteiger partial charge on any atom is 0.307 e. The van der Waals surface area contributed by atoms with Gasteiger partial charge in [0, 0.05) is 11.0 Å². The van der Waals surface area contributed by atoms with Crippen molar-refractivity contribution in [2.75, 3.05) is 30.5 Å². The van der Waals surface area contributed by atoms with Gasteiger partial charge in [0.25, 0.3) is 5.91 Å². The van der Waals surface area contributed by atoms with Crippen LogP contribution in [0.3, 0.4) is 0 Å². The molecule has 1 heterocycles. The number of carbonyl (C=O) groups is 3. The molecular weight excluding hydrogens is 420 g/mol. The van der Waals surface area contributed by atoms with Crippen molar-refractivity contribution in [3.63, 3.8) is 0 Å². The van der Waals surface area contributed by atoms with Crippen molar-refractivity contribution >= 4 is 40.9 Å². The summed E-state index contributed by atoms with van der Waals surface area (Å²) >= 11 is 1.30. The molecule has 0 spiro atoms. The van der Waals surface area contributed by atoms with E-state index >= 15 is 0 Å². The van der Waals surface area contributed by atoms with E-state index in [-0.39, 0.29) is 12.3 Å². The molecule has 0 aliphatic carbocycles. The first kappa shape index (κ1) is 22.5. The minimum absolute atomic E-state index is 0.137. The molecule has 0 saturated carbocycles. The molecule has 0 fully saturated rings. The van der Waals surface area contributed by atoms with E-state index in [2.05, 4.69) is 10.6 Å². The van der Waals surface area contributed by atoms with Gasteiger partial charge in [-0.2, -0.15) is 0 Å². The van der Waals surface area contributed by atoms with Crippen molar-refractivity contribution in [2.45, 2.75) is 30.4 Å². The van der Waals surface area contributed by atoms with Gasteiger partial charge in [-0.15, -0.1) is 11.8 Å². The number of rotatable bonds is 9. The van der Waals surface area contributed by atoms with E-state index in [0.29, 0.717) is 30.4 Å². The van der Waals surface area contributed by atoms with Crippen LogP contribution in [-0.2, 0) is 19.1 Å². The Balaban J connectivity index is 1.53. The van der Waals surface area contributed by atoms with E-state index in [1.807, 2.05) is 32.0 Å². The highest BCUT2D eigenvalue weighted by molar-refractivity contribution is 8.01. The second-order valence-corrected chi connectivity index (χ2v) is 7.77. The van der Waals surface area contributed by atoms with Crippen LogP contribution < -0.4 is 20.1 Å². The Hall–Kier alpha value is -3.20. The van der Waals surface area contributed by atoms with Crippen molar-refractivity contribution in [1.82, 2.24) is 0 Å². The summed E-state index contributed by atoms with van der Waals surface area (Å²) < 4.78 is 16.0. The quantitative estimate of drug-likeness (QED) is 0.571. The Morgan fingerprint density at radius 2 is 1.87 bits per heavy atom. The molecule has 0 radical (unpaired) electrons. The minimum Gasteiger partial charge on any atom is -0.494 e. The van der Waals surface area contributed by atoms with Crippen LogP contribution in [0.15, 0.2) is 47.4 Å². The molecule has 1 unspecified atom stereocenters. The highest BCUT2D eigenvalue weighted by atomic mass is 32.2. The number of amides is 2. The monoisotopic (exact) mass is 444 g/mol. The first-order chi connectivity index (χ1) is 15.0. The topological polar surface area (TPSA) is 103 Å². The summed E-state index contributed by atoms with van der Waals surface area (Å²) in [5.74, 6) is -0.345. The predicted molar refractivity (Wildman–Crippen MR) is 118 cm³/mol. The fraction of sp³-hybridized carbons (Fsp3) is 0.318. The number of hydrogen-bond acceptors (Lipinski definition) is 7. The van der Waals surface area contributed by atoms with Gasteiger partial charge in [0.05, 0.1) is 36.3 Å². The Bertz CT molecular complexity index is 965. The van der Waals surface area contributed by atoms with Crippen molar-refractivity contribution in [2.24, 2.45) is 0 Å². The molecule has 8 nitrogen and oxygen atoms in total. The lowest BCUT2D eigenvalue weighted by molar-refractivity contribution is -0.147. The SMILES string of the molecule is CCOc1ccc(OCC)c(NC(=O)COC(=O)CC2Sc3ccccc3NC2=O)c1. The minimum atomic E-state index is -0.629. The number of esters is 1. The van der Waals surface area contributed by atoms with Crippen LogP contribution >= 0.6 is 11.8 Å². The highest BCUT2D eigenvalue weighted by Crippen LogP contribution is 2.36. The van der Waals surface area contributed by atoms with Gasteiger partial charge in [0.2, 0.25) is 5.91 Å². The van der Waals surface area contributed by atoms with Crippen molar-refractivity contribution in [3.8, 4) is 11.5 Å². The van der Waals surface area contributed by atoms with Gasteiger partial charge in [-0.3, -0.25) is 14.4 Å². The van der Waals surface area contributed by atoms with Crippen LogP contribution in [0.1, 0.15) is 20.3 Å².